The molecule has 2 rings (SSSR count). The quantitative estimate of drug-likeness (QED) is 0.552. The first-order valence-electron chi connectivity index (χ1n) is 7.27. The third-order valence-electron chi connectivity index (χ3n) is 3.85. The van der Waals surface area contributed by atoms with E-state index in [-0.39, 0.29) is 44.0 Å². The minimum Gasteiger partial charge on any atom is -1.00 e. The Balaban J connectivity index is 0.00000200. The molecule has 0 heterocycles. The number of hydrogen-bond donors (Lipinski definition) is 0. The fourth-order valence-corrected chi connectivity index (χ4v) is 12.0. The van der Waals surface area contributed by atoms with Gasteiger partial charge in [-0.25, -0.2) is 0 Å². The number of halogens is 2. The average molecular weight is 393 g/mol. The summed E-state index contributed by atoms with van der Waals surface area (Å²) in [5, 5.41) is 3.68. The Hall–Kier alpha value is 0.688. The molecule has 0 spiro atoms. The van der Waals surface area contributed by atoms with Crippen molar-refractivity contribution in [3.8, 4) is 0 Å². The van der Waals surface area contributed by atoms with Gasteiger partial charge in [-0.3, -0.25) is 0 Å². The third kappa shape index (κ3) is 5.37. The van der Waals surface area contributed by atoms with Crippen LogP contribution in [0.15, 0.2) is 42.5 Å². The Labute approximate surface area is 154 Å². The molecule has 0 amide bonds. The van der Waals surface area contributed by atoms with E-state index in [0.29, 0.717) is 0 Å². The van der Waals surface area contributed by atoms with Gasteiger partial charge in [-0.2, -0.15) is 0 Å². The molecule has 2 aliphatic carbocycles. The molecule has 5 heteroatoms. The van der Waals surface area contributed by atoms with Crippen LogP contribution in [-0.2, 0) is 19.2 Å². The van der Waals surface area contributed by atoms with Gasteiger partial charge in [-0.05, 0) is 0 Å². The number of allylic oxidation sites excluding steroid dienone is 8. The van der Waals surface area contributed by atoms with Gasteiger partial charge in [0.25, 0.3) is 0 Å². The Kier molecular flexibility index (Phi) is 8.25. The fraction of sp³-hybridized carbons (Fsp3) is 0.500. The predicted octanol–water partition coefficient (Wildman–Crippen LogP) is -0.740. The molecule has 0 unspecified atom stereocenters. The number of hydrogen-bond acceptors (Lipinski definition) is 0. The maximum Gasteiger partial charge on any atom is -1.00 e. The largest absolute Gasteiger partial charge is 1.00 e. The maximum atomic E-state index is 2.60. The topological polar surface area (TPSA) is 0 Å². The van der Waals surface area contributed by atoms with Gasteiger partial charge < -0.3 is 24.8 Å². The van der Waals surface area contributed by atoms with E-state index < -0.39 is 16.1 Å². The molecule has 0 aromatic rings. The molecule has 0 saturated heterocycles. The van der Waals surface area contributed by atoms with Crippen LogP contribution in [0.25, 0.3) is 0 Å². The van der Waals surface area contributed by atoms with Crippen molar-refractivity contribution in [2.45, 2.75) is 52.1 Å². The minimum absolute atomic E-state index is 0. The Bertz CT molecular complexity index is 503. The molecule has 0 atom stereocenters. The van der Waals surface area contributed by atoms with Gasteiger partial charge in [0.2, 0.25) is 0 Å². The molecule has 0 radical (unpaired) electrons. The second kappa shape index (κ2) is 7.99. The first-order chi connectivity index (χ1) is 8.69. The van der Waals surface area contributed by atoms with Gasteiger partial charge in [0.05, 0.1) is 0 Å². The van der Waals surface area contributed by atoms with Crippen molar-refractivity contribution in [2.75, 3.05) is 0 Å². The van der Waals surface area contributed by atoms with Crippen LogP contribution in [0.1, 0.15) is 12.8 Å². The van der Waals surface area contributed by atoms with E-state index >= 15 is 0 Å². The molecule has 0 N–H and O–H groups in total. The molecular weight excluding hydrogens is 367 g/mol. The van der Waals surface area contributed by atoms with Crippen molar-refractivity contribution < 1.29 is 44.0 Å². The van der Waals surface area contributed by atoms with Crippen molar-refractivity contribution in [3.63, 3.8) is 0 Å². The second-order valence-electron chi connectivity index (χ2n) is 7.62. The van der Waals surface area contributed by atoms with Crippen LogP contribution in [0.4, 0.5) is 0 Å². The maximum absolute atomic E-state index is 2.60. The molecule has 0 aliphatic heterocycles. The van der Waals surface area contributed by atoms with E-state index in [9.17, 15) is 0 Å². The zero-order valence-corrected chi connectivity index (χ0v) is 19.1. The summed E-state index contributed by atoms with van der Waals surface area (Å²) >= 11 is -0.0687. The SMILES string of the molecule is C[Si](C)(C)C1=CCC([Si](C)(C)C)=[C]1[Ti+2][C]1=CC=CC1.[Cl-].[Cl-]. The molecule has 0 saturated carbocycles. The standard InChI is InChI=1S/C11H21Si2.C5H5.2ClH.Ti/c1-12(2,3)10-7-8-11(9-10)13(4,5)6;1-2-4-5-3-1;;;/h7H,8H2,1-6H3;1-3H,4H2;2*1H;/q;;;;+2/p-2. The van der Waals surface area contributed by atoms with Crippen molar-refractivity contribution in [1.29, 1.82) is 0 Å². The van der Waals surface area contributed by atoms with Gasteiger partial charge >= 0.3 is 130 Å². The zero-order chi connectivity index (χ0) is 14.3. The van der Waals surface area contributed by atoms with Crippen molar-refractivity contribution in [1.82, 2.24) is 0 Å². The van der Waals surface area contributed by atoms with Crippen molar-refractivity contribution in [2.24, 2.45) is 0 Å². The van der Waals surface area contributed by atoms with Gasteiger partial charge in [-0.15, -0.1) is 0 Å². The summed E-state index contributed by atoms with van der Waals surface area (Å²) in [6, 6.07) is 0. The summed E-state index contributed by atoms with van der Waals surface area (Å²) in [4.78, 5) is 0. The summed E-state index contributed by atoms with van der Waals surface area (Å²) in [6.07, 6.45) is 12.0. The summed E-state index contributed by atoms with van der Waals surface area (Å²) < 4.78 is 3.60. The van der Waals surface area contributed by atoms with Crippen LogP contribution in [0.5, 0.6) is 0 Å². The van der Waals surface area contributed by atoms with E-state index in [1.165, 1.54) is 12.8 Å². The zero-order valence-electron chi connectivity index (χ0n) is 14.0. The molecule has 2 aliphatic rings. The molecule has 116 valence electrons. The Morgan fingerprint density at radius 3 is 1.95 bits per heavy atom. The second-order valence-corrected chi connectivity index (χ2v) is 19.9. The van der Waals surface area contributed by atoms with Crippen molar-refractivity contribution in [3.05, 3.63) is 42.5 Å². The van der Waals surface area contributed by atoms with Crippen LogP contribution < -0.4 is 24.8 Å². The molecular formula is C16H26Cl2Si2Ti. The molecule has 0 aromatic carbocycles. The molecule has 21 heavy (non-hydrogen) atoms. The van der Waals surface area contributed by atoms with Crippen LogP contribution >= 0.6 is 0 Å². The van der Waals surface area contributed by atoms with Gasteiger partial charge in [0, 0.05) is 0 Å². The van der Waals surface area contributed by atoms with E-state index in [1.54, 1.807) is 9.07 Å². The molecule has 0 aromatic heterocycles. The van der Waals surface area contributed by atoms with Gasteiger partial charge in [0.15, 0.2) is 0 Å². The normalized spacial score (nSPS) is 17.8. The van der Waals surface area contributed by atoms with E-state index in [4.69, 9.17) is 0 Å². The van der Waals surface area contributed by atoms with Crippen LogP contribution in [0.2, 0.25) is 39.3 Å². The average Bonchev–Trinajstić information content (AvgIpc) is 2.84. The number of rotatable bonds is 4. The third-order valence-corrected chi connectivity index (χ3v) is 11.3. The van der Waals surface area contributed by atoms with E-state index in [2.05, 4.69) is 63.6 Å². The summed E-state index contributed by atoms with van der Waals surface area (Å²) in [6.45, 7) is 15.1. The van der Waals surface area contributed by atoms with E-state index in [1.807, 2.05) is 9.07 Å². The monoisotopic (exact) mass is 392 g/mol. The first kappa shape index (κ1) is 21.7. The molecule has 0 fully saturated rings. The first-order valence-corrected chi connectivity index (χ1v) is 15.8. The smallest absolute Gasteiger partial charge is 1.00 e. The minimum atomic E-state index is -1.17. The fourth-order valence-electron chi connectivity index (χ4n) is 2.78. The van der Waals surface area contributed by atoms with Gasteiger partial charge in [-0.1, -0.05) is 0 Å². The van der Waals surface area contributed by atoms with E-state index in [0.717, 1.165) is 0 Å². The molecule has 0 nitrogen and oxygen atoms in total. The van der Waals surface area contributed by atoms with Crippen LogP contribution in [0.3, 0.4) is 0 Å². The summed E-state index contributed by atoms with van der Waals surface area (Å²) in [5.74, 6) is 0. The Morgan fingerprint density at radius 1 is 0.905 bits per heavy atom. The van der Waals surface area contributed by atoms with Crippen molar-refractivity contribution >= 4 is 16.1 Å². The van der Waals surface area contributed by atoms with Crippen LogP contribution in [-0.4, -0.2) is 16.1 Å². The van der Waals surface area contributed by atoms with Crippen LogP contribution in [0, 0.1) is 0 Å². The summed E-state index contributed by atoms with van der Waals surface area (Å²) in [5.41, 5.74) is 0. The summed E-state index contributed by atoms with van der Waals surface area (Å²) in [7, 11) is -2.32. The predicted molar refractivity (Wildman–Crippen MR) is 88.3 cm³/mol. The van der Waals surface area contributed by atoms with Gasteiger partial charge in [0.1, 0.15) is 0 Å². The molecule has 0 bridgehead atoms. The Morgan fingerprint density at radius 2 is 1.52 bits per heavy atom.